The molecule has 0 aliphatic carbocycles. The Morgan fingerprint density at radius 1 is 1.18 bits per heavy atom. The van der Waals surface area contributed by atoms with Crippen molar-refractivity contribution >= 4 is 22.9 Å². The molecule has 3 heterocycles. The van der Waals surface area contributed by atoms with E-state index in [1.807, 2.05) is 59.4 Å². The second-order valence-corrected chi connectivity index (χ2v) is 7.44. The molecule has 0 atom stereocenters. The number of imidazole rings is 1. The number of aromatic nitrogens is 3. The summed E-state index contributed by atoms with van der Waals surface area (Å²) < 4.78 is 7.73. The van der Waals surface area contributed by atoms with Gasteiger partial charge >= 0.3 is 0 Å². The van der Waals surface area contributed by atoms with Gasteiger partial charge in [-0.05, 0) is 37.3 Å². The third kappa shape index (κ3) is 4.37. The van der Waals surface area contributed by atoms with Crippen LogP contribution in [0.4, 0.5) is 0 Å². The molecule has 6 nitrogen and oxygen atoms in total. The first kappa shape index (κ1) is 18.2. The van der Waals surface area contributed by atoms with Crippen molar-refractivity contribution < 1.29 is 9.53 Å². The van der Waals surface area contributed by atoms with Gasteiger partial charge in [-0.3, -0.25) is 4.79 Å². The fourth-order valence-electron chi connectivity index (χ4n) is 2.87. The molecule has 0 spiro atoms. The maximum atomic E-state index is 12.4. The Balaban J connectivity index is 1.31. The largest absolute Gasteiger partial charge is 0.487 e. The van der Waals surface area contributed by atoms with Crippen LogP contribution in [0.15, 0.2) is 60.2 Å². The lowest BCUT2D eigenvalue weighted by Crippen LogP contribution is -2.25. The molecule has 0 saturated heterocycles. The van der Waals surface area contributed by atoms with Gasteiger partial charge in [-0.2, -0.15) is 0 Å². The van der Waals surface area contributed by atoms with E-state index in [2.05, 4.69) is 15.3 Å². The molecule has 4 rings (SSSR count). The first-order valence-corrected chi connectivity index (χ1v) is 9.90. The predicted octanol–water partition coefficient (Wildman–Crippen LogP) is 3.65. The van der Waals surface area contributed by atoms with Crippen molar-refractivity contribution in [3.8, 4) is 5.75 Å². The SMILES string of the molecule is Cc1nc(COc2cccc(C(=O)NCCc3cn4ccccc4n3)c2)cs1. The molecule has 0 saturated carbocycles. The minimum atomic E-state index is -0.126. The minimum Gasteiger partial charge on any atom is -0.487 e. The minimum absolute atomic E-state index is 0.126. The quantitative estimate of drug-likeness (QED) is 0.521. The van der Waals surface area contributed by atoms with Gasteiger partial charge < -0.3 is 14.5 Å². The van der Waals surface area contributed by atoms with E-state index in [4.69, 9.17) is 4.74 Å². The molecule has 142 valence electrons. The standard InChI is InChI=1S/C21H20N4O2S/c1-15-23-18(14-28-15)13-27-19-6-4-5-16(11-19)21(26)22-9-8-17-12-25-10-3-2-7-20(25)24-17/h2-7,10-12,14H,8-9,13H2,1H3,(H,22,26). The Hall–Kier alpha value is -3.19. The first-order valence-electron chi connectivity index (χ1n) is 9.02. The summed E-state index contributed by atoms with van der Waals surface area (Å²) in [7, 11) is 0. The predicted molar refractivity (Wildman–Crippen MR) is 109 cm³/mol. The lowest BCUT2D eigenvalue weighted by Gasteiger charge is -2.07. The zero-order valence-corrected chi connectivity index (χ0v) is 16.3. The monoisotopic (exact) mass is 392 g/mol. The van der Waals surface area contributed by atoms with Crippen molar-refractivity contribution in [3.63, 3.8) is 0 Å². The number of thiazole rings is 1. The van der Waals surface area contributed by atoms with Gasteiger partial charge in [-0.25, -0.2) is 9.97 Å². The number of hydrogen-bond acceptors (Lipinski definition) is 5. The topological polar surface area (TPSA) is 68.5 Å². The molecule has 4 aromatic rings. The van der Waals surface area contributed by atoms with Crippen LogP contribution in [-0.2, 0) is 13.0 Å². The van der Waals surface area contributed by atoms with Crippen LogP contribution in [0.2, 0.25) is 0 Å². The maximum Gasteiger partial charge on any atom is 0.251 e. The van der Waals surface area contributed by atoms with Gasteiger partial charge in [-0.1, -0.05) is 12.1 Å². The van der Waals surface area contributed by atoms with Gasteiger partial charge in [0.1, 0.15) is 18.0 Å². The van der Waals surface area contributed by atoms with E-state index in [0.29, 0.717) is 30.9 Å². The highest BCUT2D eigenvalue weighted by atomic mass is 32.1. The Morgan fingerprint density at radius 3 is 2.93 bits per heavy atom. The van der Waals surface area contributed by atoms with Crippen molar-refractivity contribution in [2.24, 2.45) is 0 Å². The van der Waals surface area contributed by atoms with E-state index < -0.39 is 0 Å². The molecule has 0 aliphatic rings. The molecule has 0 unspecified atom stereocenters. The van der Waals surface area contributed by atoms with E-state index in [0.717, 1.165) is 22.0 Å². The molecular formula is C21H20N4O2S. The number of hydrogen-bond donors (Lipinski definition) is 1. The Morgan fingerprint density at radius 2 is 2.11 bits per heavy atom. The van der Waals surface area contributed by atoms with Gasteiger partial charge in [0, 0.05) is 36.3 Å². The fourth-order valence-corrected chi connectivity index (χ4v) is 3.47. The summed E-state index contributed by atoms with van der Waals surface area (Å²) in [6.45, 7) is 2.88. The summed E-state index contributed by atoms with van der Waals surface area (Å²) in [5, 5.41) is 5.93. The molecular weight excluding hydrogens is 372 g/mol. The summed E-state index contributed by atoms with van der Waals surface area (Å²) in [6.07, 6.45) is 4.62. The molecule has 1 amide bonds. The average Bonchev–Trinajstić information content (AvgIpc) is 3.32. The molecule has 28 heavy (non-hydrogen) atoms. The van der Waals surface area contributed by atoms with Gasteiger partial charge in [0.2, 0.25) is 0 Å². The van der Waals surface area contributed by atoms with Crippen LogP contribution in [0.3, 0.4) is 0 Å². The Labute approximate surface area is 166 Å². The van der Waals surface area contributed by atoms with Crippen LogP contribution in [0.25, 0.3) is 5.65 Å². The van der Waals surface area contributed by atoms with Crippen LogP contribution in [-0.4, -0.2) is 26.8 Å². The van der Waals surface area contributed by atoms with E-state index in [9.17, 15) is 4.79 Å². The lowest BCUT2D eigenvalue weighted by molar-refractivity contribution is 0.0953. The highest BCUT2D eigenvalue weighted by Gasteiger charge is 2.08. The third-order valence-electron chi connectivity index (χ3n) is 4.23. The van der Waals surface area contributed by atoms with Crippen LogP contribution in [0.5, 0.6) is 5.75 Å². The van der Waals surface area contributed by atoms with Gasteiger partial charge in [0.05, 0.1) is 16.4 Å². The van der Waals surface area contributed by atoms with Crippen molar-refractivity contribution in [3.05, 3.63) is 82.2 Å². The second-order valence-electron chi connectivity index (χ2n) is 6.38. The number of carbonyl (C=O) groups is 1. The molecule has 3 aromatic heterocycles. The smallest absolute Gasteiger partial charge is 0.251 e. The molecule has 7 heteroatoms. The summed E-state index contributed by atoms with van der Waals surface area (Å²) in [5.41, 5.74) is 3.32. The average molecular weight is 392 g/mol. The molecule has 0 bridgehead atoms. The van der Waals surface area contributed by atoms with Crippen LogP contribution >= 0.6 is 11.3 Å². The zero-order chi connectivity index (χ0) is 19.3. The maximum absolute atomic E-state index is 12.4. The number of carbonyl (C=O) groups excluding carboxylic acids is 1. The number of fused-ring (bicyclic) bond motifs is 1. The fraction of sp³-hybridized carbons (Fsp3) is 0.190. The lowest BCUT2D eigenvalue weighted by atomic mass is 10.2. The number of nitrogens with one attached hydrogen (secondary N) is 1. The molecule has 0 aliphatic heterocycles. The summed E-state index contributed by atoms with van der Waals surface area (Å²) in [6, 6.07) is 13.1. The van der Waals surface area contributed by atoms with Crippen LogP contribution in [0.1, 0.15) is 26.8 Å². The van der Waals surface area contributed by atoms with E-state index in [1.54, 1.807) is 23.5 Å². The van der Waals surface area contributed by atoms with Gasteiger partial charge in [0.25, 0.3) is 5.91 Å². The molecule has 1 N–H and O–H groups in total. The van der Waals surface area contributed by atoms with Crippen molar-refractivity contribution in [2.45, 2.75) is 20.0 Å². The number of benzene rings is 1. The number of nitrogens with zero attached hydrogens (tertiary/aromatic N) is 3. The first-order chi connectivity index (χ1) is 13.7. The molecule has 0 fully saturated rings. The highest BCUT2D eigenvalue weighted by molar-refractivity contribution is 7.09. The number of pyridine rings is 1. The van der Waals surface area contributed by atoms with Crippen LogP contribution < -0.4 is 10.1 Å². The van der Waals surface area contributed by atoms with E-state index in [1.165, 1.54) is 0 Å². The summed E-state index contributed by atoms with van der Waals surface area (Å²) >= 11 is 1.59. The molecule has 1 aromatic carbocycles. The highest BCUT2D eigenvalue weighted by Crippen LogP contribution is 2.16. The van der Waals surface area contributed by atoms with Crippen molar-refractivity contribution in [1.82, 2.24) is 19.7 Å². The van der Waals surface area contributed by atoms with E-state index in [-0.39, 0.29) is 5.91 Å². The number of ether oxygens (including phenoxy) is 1. The van der Waals surface area contributed by atoms with Gasteiger partial charge in [0.15, 0.2) is 0 Å². The Kier molecular flexibility index (Phi) is 5.34. The van der Waals surface area contributed by atoms with Crippen molar-refractivity contribution in [1.29, 1.82) is 0 Å². The Bertz CT molecular complexity index is 1070. The molecule has 0 radical (unpaired) electrons. The zero-order valence-electron chi connectivity index (χ0n) is 15.5. The third-order valence-corrected chi connectivity index (χ3v) is 5.05. The normalized spacial score (nSPS) is 10.9. The number of aryl methyl sites for hydroxylation is 1. The summed E-state index contributed by atoms with van der Waals surface area (Å²) in [5.74, 6) is 0.525. The number of rotatable bonds is 7. The second kappa shape index (κ2) is 8.22. The van der Waals surface area contributed by atoms with Crippen molar-refractivity contribution in [2.75, 3.05) is 6.54 Å². The van der Waals surface area contributed by atoms with Gasteiger partial charge in [-0.15, -0.1) is 11.3 Å². The van der Waals surface area contributed by atoms with Crippen LogP contribution in [0, 0.1) is 6.92 Å². The summed E-state index contributed by atoms with van der Waals surface area (Å²) in [4.78, 5) is 21.3. The van der Waals surface area contributed by atoms with E-state index >= 15 is 0 Å². The number of amides is 1.